The highest BCUT2D eigenvalue weighted by atomic mass is 79.9. The monoisotopic (exact) mass is 313 g/mol. The topological polar surface area (TPSA) is 38.8 Å². The van der Waals surface area contributed by atoms with Crippen molar-refractivity contribution in [1.29, 1.82) is 0 Å². The molecular weight excluding hydrogens is 298 g/mol. The highest BCUT2D eigenvalue weighted by molar-refractivity contribution is 9.10. The van der Waals surface area contributed by atoms with E-state index in [2.05, 4.69) is 15.9 Å². The molecule has 1 heterocycles. The summed E-state index contributed by atoms with van der Waals surface area (Å²) in [4.78, 5) is 13.2. The predicted molar refractivity (Wildman–Crippen MR) is 71.7 cm³/mol. The van der Waals surface area contributed by atoms with Crippen molar-refractivity contribution in [1.82, 2.24) is 4.90 Å². The maximum absolute atomic E-state index is 11.5. The average molecular weight is 314 g/mol. The number of ether oxygens (including phenoxy) is 2. The minimum atomic E-state index is -0.255. The first-order valence-corrected chi connectivity index (χ1v) is 6.71. The number of benzene rings is 1. The minimum absolute atomic E-state index is 0.162. The summed E-state index contributed by atoms with van der Waals surface area (Å²) in [6.07, 6.45) is -0.446. The molecule has 0 aromatic heterocycles. The Morgan fingerprint density at radius 2 is 2.11 bits per heavy atom. The van der Waals surface area contributed by atoms with Crippen LogP contribution in [0.5, 0.6) is 5.75 Å². The van der Waals surface area contributed by atoms with Crippen LogP contribution in [0.2, 0.25) is 0 Å². The summed E-state index contributed by atoms with van der Waals surface area (Å²) in [5.74, 6) is 0.775. The third-order valence-corrected chi connectivity index (χ3v) is 3.30. The van der Waals surface area contributed by atoms with Crippen molar-refractivity contribution in [3.8, 4) is 5.75 Å². The van der Waals surface area contributed by atoms with Crippen LogP contribution in [0, 0.1) is 0 Å². The first kappa shape index (κ1) is 13.2. The Kier molecular flexibility index (Phi) is 4.11. The molecule has 0 saturated carbocycles. The van der Waals surface area contributed by atoms with Crippen molar-refractivity contribution < 1.29 is 14.3 Å². The zero-order chi connectivity index (χ0) is 13.1. The number of halogens is 1. The summed E-state index contributed by atoms with van der Waals surface area (Å²) in [5.41, 5.74) is 0. The average Bonchev–Trinajstić information content (AvgIpc) is 2.70. The summed E-state index contributed by atoms with van der Waals surface area (Å²) in [5, 5.41) is 0. The van der Waals surface area contributed by atoms with Gasteiger partial charge in [0.1, 0.15) is 12.4 Å². The number of amides is 1. The van der Waals surface area contributed by atoms with Crippen LogP contribution in [0.4, 0.5) is 4.79 Å². The van der Waals surface area contributed by atoms with Gasteiger partial charge in [-0.3, -0.25) is 0 Å². The fraction of sp³-hybridized carbons (Fsp3) is 0.462. The van der Waals surface area contributed by atoms with E-state index in [9.17, 15) is 4.79 Å². The summed E-state index contributed by atoms with van der Waals surface area (Å²) in [6.45, 7) is 4.92. The van der Waals surface area contributed by atoms with Crippen LogP contribution in [0.1, 0.15) is 13.8 Å². The molecule has 1 aromatic carbocycles. The van der Waals surface area contributed by atoms with Gasteiger partial charge in [0.15, 0.2) is 6.10 Å². The fourth-order valence-electron chi connectivity index (χ4n) is 1.77. The molecule has 98 valence electrons. The van der Waals surface area contributed by atoms with Gasteiger partial charge >= 0.3 is 6.09 Å². The van der Waals surface area contributed by atoms with Crippen molar-refractivity contribution in [2.24, 2.45) is 0 Å². The van der Waals surface area contributed by atoms with Gasteiger partial charge in [-0.1, -0.05) is 15.9 Å². The molecule has 1 aliphatic heterocycles. The summed E-state index contributed by atoms with van der Waals surface area (Å²) < 4.78 is 11.8. The molecule has 1 fully saturated rings. The second kappa shape index (κ2) is 5.61. The quantitative estimate of drug-likeness (QED) is 0.857. The van der Waals surface area contributed by atoms with Gasteiger partial charge in [0.25, 0.3) is 0 Å². The molecule has 4 nitrogen and oxygen atoms in total. The normalized spacial score (nSPS) is 19.2. The van der Waals surface area contributed by atoms with E-state index in [4.69, 9.17) is 9.47 Å². The van der Waals surface area contributed by atoms with Gasteiger partial charge in [0, 0.05) is 10.5 Å². The van der Waals surface area contributed by atoms with E-state index < -0.39 is 0 Å². The van der Waals surface area contributed by atoms with Crippen LogP contribution in [0.3, 0.4) is 0 Å². The molecular formula is C13H16BrNO3. The Hall–Kier alpha value is -1.23. The van der Waals surface area contributed by atoms with Gasteiger partial charge in [-0.05, 0) is 38.1 Å². The SMILES string of the molecule is CC(C)N1C[C@@H](COc2ccc(Br)cc2)OC1=O. The molecule has 1 aliphatic rings. The summed E-state index contributed by atoms with van der Waals surface area (Å²) in [7, 11) is 0. The van der Waals surface area contributed by atoms with E-state index >= 15 is 0 Å². The van der Waals surface area contributed by atoms with Gasteiger partial charge in [-0.2, -0.15) is 0 Å². The summed E-state index contributed by atoms with van der Waals surface area (Å²) >= 11 is 3.36. The first-order chi connectivity index (χ1) is 8.56. The first-order valence-electron chi connectivity index (χ1n) is 5.92. The van der Waals surface area contributed by atoms with Gasteiger partial charge in [0.2, 0.25) is 0 Å². The third kappa shape index (κ3) is 3.16. The van der Waals surface area contributed by atoms with Gasteiger partial charge in [-0.15, -0.1) is 0 Å². The van der Waals surface area contributed by atoms with Crippen molar-refractivity contribution in [3.63, 3.8) is 0 Å². The second-order valence-electron chi connectivity index (χ2n) is 4.52. The van der Waals surface area contributed by atoms with E-state index in [1.54, 1.807) is 4.90 Å². The molecule has 0 radical (unpaired) electrons. The lowest BCUT2D eigenvalue weighted by Crippen LogP contribution is -2.32. The molecule has 1 aromatic rings. The van der Waals surface area contributed by atoms with Gasteiger partial charge in [-0.25, -0.2) is 4.79 Å². The lowest BCUT2D eigenvalue weighted by atomic mass is 10.3. The molecule has 1 atom stereocenters. The van der Waals surface area contributed by atoms with E-state index in [-0.39, 0.29) is 18.2 Å². The fourth-order valence-corrected chi connectivity index (χ4v) is 2.03. The van der Waals surface area contributed by atoms with Crippen molar-refractivity contribution >= 4 is 22.0 Å². The molecule has 1 amide bonds. The molecule has 0 aliphatic carbocycles. The molecule has 18 heavy (non-hydrogen) atoms. The van der Waals surface area contributed by atoms with Crippen molar-refractivity contribution in [2.45, 2.75) is 26.0 Å². The van der Waals surface area contributed by atoms with E-state index in [0.29, 0.717) is 13.2 Å². The van der Waals surface area contributed by atoms with Crippen LogP contribution >= 0.6 is 15.9 Å². The number of cyclic esters (lactones) is 1. The molecule has 2 rings (SSSR count). The van der Waals surface area contributed by atoms with E-state index in [0.717, 1.165) is 10.2 Å². The van der Waals surface area contributed by atoms with Crippen LogP contribution < -0.4 is 4.74 Å². The molecule has 5 heteroatoms. The number of carbonyl (C=O) groups excluding carboxylic acids is 1. The number of nitrogens with zero attached hydrogens (tertiary/aromatic N) is 1. The Labute approximate surface area is 115 Å². The Morgan fingerprint density at radius 3 is 2.67 bits per heavy atom. The highest BCUT2D eigenvalue weighted by Gasteiger charge is 2.33. The van der Waals surface area contributed by atoms with Crippen LogP contribution in [-0.2, 0) is 4.74 Å². The maximum atomic E-state index is 11.5. The molecule has 1 saturated heterocycles. The minimum Gasteiger partial charge on any atom is -0.490 e. The number of rotatable bonds is 4. The summed E-state index contributed by atoms with van der Waals surface area (Å²) in [6, 6.07) is 7.74. The number of hydrogen-bond acceptors (Lipinski definition) is 3. The smallest absolute Gasteiger partial charge is 0.410 e. The molecule has 0 spiro atoms. The number of carbonyl (C=O) groups is 1. The third-order valence-electron chi connectivity index (χ3n) is 2.78. The zero-order valence-electron chi connectivity index (χ0n) is 10.4. The lowest BCUT2D eigenvalue weighted by molar-refractivity contribution is 0.102. The zero-order valence-corrected chi connectivity index (χ0v) is 12.0. The van der Waals surface area contributed by atoms with E-state index in [1.165, 1.54) is 0 Å². The van der Waals surface area contributed by atoms with Gasteiger partial charge in [0.05, 0.1) is 6.54 Å². The molecule has 0 unspecified atom stereocenters. The Morgan fingerprint density at radius 1 is 1.44 bits per heavy atom. The van der Waals surface area contributed by atoms with Crippen LogP contribution in [-0.4, -0.2) is 36.3 Å². The van der Waals surface area contributed by atoms with Crippen molar-refractivity contribution in [3.05, 3.63) is 28.7 Å². The highest BCUT2D eigenvalue weighted by Crippen LogP contribution is 2.18. The maximum Gasteiger partial charge on any atom is 0.410 e. The standard InChI is InChI=1S/C13H16BrNO3/c1-9(2)15-7-12(18-13(15)16)8-17-11-5-3-10(14)4-6-11/h3-6,9,12H,7-8H2,1-2H3/t12-/m0/s1. The van der Waals surface area contributed by atoms with Gasteiger partial charge < -0.3 is 14.4 Å². The van der Waals surface area contributed by atoms with Crippen molar-refractivity contribution in [2.75, 3.05) is 13.2 Å². The number of hydrogen-bond donors (Lipinski definition) is 0. The van der Waals surface area contributed by atoms with E-state index in [1.807, 2.05) is 38.1 Å². The Balaban J connectivity index is 1.85. The lowest BCUT2D eigenvalue weighted by Gasteiger charge is -2.16. The Bertz CT molecular complexity index is 419. The molecule has 0 bridgehead atoms. The largest absolute Gasteiger partial charge is 0.490 e. The van der Waals surface area contributed by atoms with Crippen LogP contribution in [0.25, 0.3) is 0 Å². The predicted octanol–water partition coefficient (Wildman–Crippen LogP) is 3.06. The molecule has 0 N–H and O–H groups in total. The van der Waals surface area contributed by atoms with Crippen LogP contribution in [0.15, 0.2) is 28.7 Å². The second-order valence-corrected chi connectivity index (χ2v) is 5.43.